The van der Waals surface area contributed by atoms with E-state index >= 15 is 0 Å². The number of benzene rings is 1. The monoisotopic (exact) mass is 339 g/mol. The zero-order valence-corrected chi connectivity index (χ0v) is 14.2. The van der Waals surface area contributed by atoms with Crippen molar-refractivity contribution in [2.45, 2.75) is 44.7 Å². The van der Waals surface area contributed by atoms with Crippen LogP contribution in [-0.4, -0.2) is 27.5 Å². The predicted molar refractivity (Wildman–Crippen MR) is 95.8 cm³/mol. The van der Waals surface area contributed by atoms with Gasteiger partial charge in [-0.2, -0.15) is 4.98 Å². The molecule has 1 unspecified atom stereocenters. The van der Waals surface area contributed by atoms with Gasteiger partial charge in [0.1, 0.15) is 6.20 Å². The van der Waals surface area contributed by atoms with Crippen LogP contribution in [-0.2, 0) is 0 Å². The van der Waals surface area contributed by atoms with Gasteiger partial charge < -0.3 is 10.2 Å². The zero-order valence-electron chi connectivity index (χ0n) is 14.2. The summed E-state index contributed by atoms with van der Waals surface area (Å²) in [6.45, 7) is 2.97. The van der Waals surface area contributed by atoms with Crippen LogP contribution in [0.4, 0.5) is 17.5 Å². The smallest absolute Gasteiger partial charge is 0.329 e. The number of nitro groups is 1. The summed E-state index contributed by atoms with van der Waals surface area (Å²) < 4.78 is 0. The molecule has 4 rings (SSSR count). The van der Waals surface area contributed by atoms with Crippen LogP contribution in [0.1, 0.15) is 42.9 Å². The van der Waals surface area contributed by atoms with Crippen molar-refractivity contribution in [3.05, 3.63) is 51.7 Å². The molecule has 25 heavy (non-hydrogen) atoms. The number of nitrogens with zero attached hydrogens (tertiary/aromatic N) is 4. The van der Waals surface area contributed by atoms with Gasteiger partial charge in [-0.3, -0.25) is 10.1 Å². The lowest BCUT2D eigenvalue weighted by molar-refractivity contribution is -0.384. The Morgan fingerprint density at radius 1 is 1.28 bits per heavy atom. The average Bonchev–Trinajstić information content (AvgIpc) is 3.28. The second kappa shape index (κ2) is 6.31. The lowest BCUT2D eigenvalue weighted by Crippen LogP contribution is -2.25. The highest BCUT2D eigenvalue weighted by atomic mass is 16.6. The normalized spacial score (nSPS) is 19.9. The first-order chi connectivity index (χ1) is 12.1. The molecule has 1 aromatic heterocycles. The van der Waals surface area contributed by atoms with E-state index in [1.807, 2.05) is 6.07 Å². The van der Waals surface area contributed by atoms with Gasteiger partial charge in [-0.1, -0.05) is 24.3 Å². The molecule has 0 bridgehead atoms. The molecule has 2 aliphatic rings. The average molecular weight is 339 g/mol. The quantitative estimate of drug-likeness (QED) is 0.662. The Morgan fingerprint density at radius 2 is 2.08 bits per heavy atom. The van der Waals surface area contributed by atoms with Gasteiger partial charge in [-0.05, 0) is 43.7 Å². The van der Waals surface area contributed by atoms with Crippen molar-refractivity contribution in [2.75, 3.05) is 16.8 Å². The molecule has 0 radical (unpaired) electrons. The van der Waals surface area contributed by atoms with Crippen molar-refractivity contribution in [2.24, 2.45) is 0 Å². The molecule has 1 saturated carbocycles. The number of aryl methyl sites for hydroxylation is 1. The van der Waals surface area contributed by atoms with Crippen LogP contribution in [0, 0.1) is 17.0 Å². The standard InChI is InChI=1S/C18H21N5O2/c1-12-5-2-3-6-14(12)15-7-4-10-22(15)18-19-11-16(23(24)25)17(21-18)20-13-8-9-13/h2-3,5-6,11,13,15H,4,7-10H2,1H3,(H,19,20,21). The van der Waals surface area contributed by atoms with Crippen LogP contribution in [0.25, 0.3) is 0 Å². The minimum Gasteiger partial charge on any atom is -0.361 e. The van der Waals surface area contributed by atoms with Crippen molar-refractivity contribution in [1.82, 2.24) is 9.97 Å². The Labute approximate surface area is 146 Å². The first kappa shape index (κ1) is 15.8. The summed E-state index contributed by atoms with van der Waals surface area (Å²) in [5.41, 5.74) is 2.47. The largest absolute Gasteiger partial charge is 0.361 e. The Balaban J connectivity index is 1.68. The summed E-state index contributed by atoms with van der Waals surface area (Å²) in [7, 11) is 0. The fraction of sp³-hybridized carbons (Fsp3) is 0.444. The maximum atomic E-state index is 11.3. The maximum absolute atomic E-state index is 11.3. The van der Waals surface area contributed by atoms with Crippen molar-refractivity contribution in [3.63, 3.8) is 0 Å². The highest BCUT2D eigenvalue weighted by molar-refractivity contribution is 5.59. The van der Waals surface area contributed by atoms with Crippen molar-refractivity contribution in [1.29, 1.82) is 0 Å². The molecule has 7 heteroatoms. The van der Waals surface area contributed by atoms with Gasteiger partial charge in [0.2, 0.25) is 11.8 Å². The van der Waals surface area contributed by atoms with E-state index < -0.39 is 4.92 Å². The van der Waals surface area contributed by atoms with E-state index in [0.29, 0.717) is 17.8 Å². The maximum Gasteiger partial charge on any atom is 0.329 e. The van der Waals surface area contributed by atoms with Crippen LogP contribution < -0.4 is 10.2 Å². The number of anilines is 2. The number of nitrogens with one attached hydrogen (secondary N) is 1. The summed E-state index contributed by atoms with van der Waals surface area (Å²) in [5.74, 6) is 0.910. The zero-order chi connectivity index (χ0) is 17.4. The molecule has 130 valence electrons. The van der Waals surface area contributed by atoms with Crippen LogP contribution >= 0.6 is 0 Å². The number of hydrogen-bond donors (Lipinski definition) is 1. The summed E-state index contributed by atoms with van der Waals surface area (Å²) in [6.07, 6.45) is 5.50. The van der Waals surface area contributed by atoms with Gasteiger partial charge in [-0.25, -0.2) is 4.98 Å². The highest BCUT2D eigenvalue weighted by Crippen LogP contribution is 2.37. The van der Waals surface area contributed by atoms with E-state index in [9.17, 15) is 10.1 Å². The van der Waals surface area contributed by atoms with Gasteiger partial charge in [0.05, 0.1) is 11.0 Å². The van der Waals surface area contributed by atoms with E-state index in [1.165, 1.54) is 17.3 Å². The fourth-order valence-corrected chi connectivity index (χ4v) is 3.46. The molecule has 2 heterocycles. The van der Waals surface area contributed by atoms with E-state index in [4.69, 9.17) is 0 Å². The molecule has 1 atom stereocenters. The first-order valence-corrected chi connectivity index (χ1v) is 8.73. The van der Waals surface area contributed by atoms with Crippen molar-refractivity contribution >= 4 is 17.5 Å². The van der Waals surface area contributed by atoms with Crippen molar-refractivity contribution in [3.8, 4) is 0 Å². The molecule has 1 aliphatic carbocycles. The topological polar surface area (TPSA) is 84.2 Å². The summed E-state index contributed by atoms with van der Waals surface area (Å²) in [6, 6.07) is 8.87. The highest BCUT2D eigenvalue weighted by Gasteiger charge is 2.32. The van der Waals surface area contributed by atoms with Gasteiger partial charge >= 0.3 is 5.69 Å². The summed E-state index contributed by atoms with van der Waals surface area (Å²) >= 11 is 0. The Morgan fingerprint density at radius 3 is 2.80 bits per heavy atom. The van der Waals surface area contributed by atoms with Gasteiger partial charge in [0.25, 0.3) is 0 Å². The third-order valence-corrected chi connectivity index (χ3v) is 4.93. The van der Waals surface area contributed by atoms with Gasteiger partial charge in [0.15, 0.2) is 0 Å². The molecule has 2 aromatic rings. The Bertz CT molecular complexity index is 806. The molecule has 1 aromatic carbocycles. The fourth-order valence-electron chi connectivity index (χ4n) is 3.46. The van der Waals surface area contributed by atoms with Gasteiger partial charge in [0, 0.05) is 12.6 Å². The third-order valence-electron chi connectivity index (χ3n) is 4.93. The van der Waals surface area contributed by atoms with Crippen LogP contribution in [0.5, 0.6) is 0 Å². The van der Waals surface area contributed by atoms with Crippen molar-refractivity contribution < 1.29 is 4.92 Å². The molecule has 1 N–H and O–H groups in total. The number of aromatic nitrogens is 2. The summed E-state index contributed by atoms with van der Waals surface area (Å²) in [5, 5.41) is 14.4. The van der Waals surface area contributed by atoms with Crippen LogP contribution in [0.15, 0.2) is 30.5 Å². The molecule has 0 amide bonds. The second-order valence-electron chi connectivity index (χ2n) is 6.79. The van der Waals surface area contributed by atoms with Crippen LogP contribution in [0.2, 0.25) is 0 Å². The molecular formula is C18H21N5O2. The van der Waals surface area contributed by atoms with E-state index in [0.717, 1.165) is 32.2 Å². The SMILES string of the molecule is Cc1ccccc1C1CCCN1c1ncc([N+](=O)[O-])c(NC2CC2)n1. The third kappa shape index (κ3) is 3.14. The number of hydrogen-bond acceptors (Lipinski definition) is 6. The predicted octanol–water partition coefficient (Wildman–Crippen LogP) is 3.61. The van der Waals surface area contributed by atoms with Gasteiger partial charge in [-0.15, -0.1) is 0 Å². The molecule has 1 aliphatic heterocycles. The number of rotatable bonds is 5. The van der Waals surface area contributed by atoms with E-state index in [-0.39, 0.29) is 11.7 Å². The summed E-state index contributed by atoms with van der Waals surface area (Å²) in [4.78, 5) is 21.8. The molecular weight excluding hydrogens is 318 g/mol. The minimum atomic E-state index is -0.419. The Hall–Kier alpha value is -2.70. The molecule has 1 saturated heterocycles. The lowest BCUT2D eigenvalue weighted by Gasteiger charge is -2.26. The molecule has 0 spiro atoms. The second-order valence-corrected chi connectivity index (χ2v) is 6.79. The van der Waals surface area contributed by atoms with E-state index in [2.05, 4.69) is 45.3 Å². The van der Waals surface area contributed by atoms with Crippen LogP contribution in [0.3, 0.4) is 0 Å². The lowest BCUT2D eigenvalue weighted by atomic mass is 9.99. The first-order valence-electron chi connectivity index (χ1n) is 8.73. The minimum absolute atomic E-state index is 0.0534. The van der Waals surface area contributed by atoms with E-state index in [1.54, 1.807) is 0 Å². The molecule has 7 nitrogen and oxygen atoms in total. The molecule has 2 fully saturated rings. The Kier molecular flexibility index (Phi) is 3.99.